The van der Waals surface area contributed by atoms with Crippen molar-refractivity contribution in [1.82, 2.24) is 19.9 Å². The normalized spacial score (nSPS) is 16.3. The predicted molar refractivity (Wildman–Crippen MR) is 121 cm³/mol. The first-order valence-corrected chi connectivity index (χ1v) is 10.4. The molecule has 162 valence electrons. The van der Waals surface area contributed by atoms with E-state index in [1.165, 1.54) is 5.56 Å². The molecule has 1 fully saturated rings. The molecule has 0 saturated carbocycles. The summed E-state index contributed by atoms with van der Waals surface area (Å²) < 4.78 is 11.0. The van der Waals surface area contributed by atoms with Crippen LogP contribution in [0.25, 0.3) is 0 Å². The second kappa shape index (κ2) is 9.18. The van der Waals surface area contributed by atoms with Gasteiger partial charge >= 0.3 is 0 Å². The van der Waals surface area contributed by atoms with Crippen LogP contribution in [0, 0.1) is 6.92 Å². The highest BCUT2D eigenvalue weighted by atomic mass is 16.5. The fraction of sp³-hybridized carbons (Fsp3) is 0.348. The highest BCUT2D eigenvalue weighted by Gasteiger charge is 2.29. The van der Waals surface area contributed by atoms with Crippen LogP contribution < -0.4 is 20.5 Å². The summed E-state index contributed by atoms with van der Waals surface area (Å²) in [4.78, 5) is 15.6. The molecule has 0 radical (unpaired) electrons. The average molecular weight is 421 g/mol. The fourth-order valence-electron chi connectivity index (χ4n) is 3.98. The van der Waals surface area contributed by atoms with Gasteiger partial charge in [0.25, 0.3) is 0 Å². The smallest absolute Gasteiger partial charge is 0.232 e. The van der Waals surface area contributed by atoms with Gasteiger partial charge in [0.05, 0.1) is 20.8 Å². The third-order valence-electron chi connectivity index (χ3n) is 5.51. The summed E-state index contributed by atoms with van der Waals surface area (Å²) in [6.45, 7) is 3.56. The molecule has 3 aromatic rings. The molecule has 1 atom stereocenters. The van der Waals surface area contributed by atoms with Gasteiger partial charge < -0.3 is 20.5 Å². The molecule has 1 aliphatic heterocycles. The van der Waals surface area contributed by atoms with E-state index in [0.717, 1.165) is 42.1 Å². The van der Waals surface area contributed by atoms with Crippen molar-refractivity contribution >= 4 is 17.6 Å². The van der Waals surface area contributed by atoms with Gasteiger partial charge in [0.2, 0.25) is 11.9 Å². The van der Waals surface area contributed by atoms with Crippen LogP contribution in [0.3, 0.4) is 0 Å². The average Bonchev–Trinajstić information content (AvgIpc) is 3.22. The molecule has 2 aromatic carbocycles. The maximum Gasteiger partial charge on any atom is 0.232 e. The summed E-state index contributed by atoms with van der Waals surface area (Å²) in [5.41, 5.74) is 9.19. The highest BCUT2D eigenvalue weighted by molar-refractivity contribution is 5.54. The number of anilines is 3. The SMILES string of the molecule is COc1ccc(OC)c([C@@H]2CCCN2Cc2nc(N)nc(Nc3ccc(C)cc3)n2)c1. The fourth-order valence-corrected chi connectivity index (χ4v) is 3.98. The Kier molecular flexibility index (Phi) is 6.18. The molecule has 4 rings (SSSR count). The van der Waals surface area contributed by atoms with Crippen molar-refractivity contribution in [3.8, 4) is 11.5 Å². The third-order valence-corrected chi connectivity index (χ3v) is 5.51. The predicted octanol–water partition coefficient (Wildman–Crippen LogP) is 3.86. The van der Waals surface area contributed by atoms with Gasteiger partial charge in [-0.1, -0.05) is 17.7 Å². The number of hydrogen-bond donors (Lipinski definition) is 2. The quantitative estimate of drug-likeness (QED) is 0.595. The standard InChI is InChI=1S/C23H28N6O2/c1-15-6-8-16(9-7-15)25-23-27-21(26-22(24)28-23)14-29-12-4-5-19(29)18-13-17(30-2)10-11-20(18)31-3/h6-11,13,19H,4-5,12,14H2,1-3H3,(H3,24,25,26,27,28)/t19-/m0/s1. The summed E-state index contributed by atoms with van der Waals surface area (Å²) in [5.74, 6) is 2.96. The number of nitrogens with zero attached hydrogens (tertiary/aromatic N) is 4. The van der Waals surface area contributed by atoms with E-state index in [0.29, 0.717) is 18.3 Å². The van der Waals surface area contributed by atoms with Crippen molar-refractivity contribution in [2.75, 3.05) is 31.8 Å². The molecule has 31 heavy (non-hydrogen) atoms. The van der Waals surface area contributed by atoms with Gasteiger partial charge in [-0.2, -0.15) is 15.0 Å². The van der Waals surface area contributed by atoms with Crippen LogP contribution >= 0.6 is 0 Å². The zero-order valence-corrected chi connectivity index (χ0v) is 18.1. The van der Waals surface area contributed by atoms with Gasteiger partial charge in [0.15, 0.2) is 0 Å². The van der Waals surface area contributed by atoms with Crippen molar-refractivity contribution in [2.24, 2.45) is 0 Å². The van der Waals surface area contributed by atoms with Gasteiger partial charge in [-0.05, 0) is 56.6 Å². The molecule has 8 heteroatoms. The van der Waals surface area contributed by atoms with Crippen molar-refractivity contribution in [1.29, 1.82) is 0 Å². The van der Waals surface area contributed by atoms with E-state index in [1.807, 2.05) is 49.4 Å². The van der Waals surface area contributed by atoms with Crippen molar-refractivity contribution < 1.29 is 9.47 Å². The second-order valence-electron chi connectivity index (χ2n) is 7.66. The molecule has 1 aromatic heterocycles. The number of benzene rings is 2. The Morgan fingerprint density at radius 3 is 2.61 bits per heavy atom. The highest BCUT2D eigenvalue weighted by Crippen LogP contribution is 2.39. The van der Waals surface area contributed by atoms with E-state index < -0.39 is 0 Å². The van der Waals surface area contributed by atoms with Gasteiger partial charge in [-0.15, -0.1) is 0 Å². The summed E-state index contributed by atoms with van der Waals surface area (Å²) in [5, 5.41) is 3.22. The number of likely N-dealkylation sites (tertiary alicyclic amines) is 1. The van der Waals surface area contributed by atoms with E-state index in [1.54, 1.807) is 14.2 Å². The van der Waals surface area contributed by atoms with E-state index in [4.69, 9.17) is 15.2 Å². The number of nitrogen functional groups attached to an aromatic ring is 1. The van der Waals surface area contributed by atoms with E-state index in [2.05, 4.69) is 25.2 Å². The van der Waals surface area contributed by atoms with E-state index in [9.17, 15) is 0 Å². The molecule has 2 heterocycles. The molecule has 3 N–H and O–H groups in total. The number of ether oxygens (including phenoxy) is 2. The molecule has 0 unspecified atom stereocenters. The first kappa shape index (κ1) is 20.9. The summed E-state index contributed by atoms with van der Waals surface area (Å²) in [6.07, 6.45) is 2.11. The van der Waals surface area contributed by atoms with Crippen LogP contribution in [-0.2, 0) is 6.54 Å². The van der Waals surface area contributed by atoms with Crippen LogP contribution in [0.1, 0.15) is 35.8 Å². The molecule has 0 bridgehead atoms. The Hall–Kier alpha value is -3.39. The third kappa shape index (κ3) is 4.86. The number of nitrogens with two attached hydrogens (primary N) is 1. The molecular formula is C23H28N6O2. The molecule has 1 aliphatic rings. The van der Waals surface area contributed by atoms with Crippen LogP contribution in [-0.4, -0.2) is 40.6 Å². The Morgan fingerprint density at radius 2 is 1.87 bits per heavy atom. The lowest BCUT2D eigenvalue weighted by Crippen LogP contribution is -2.25. The van der Waals surface area contributed by atoms with Crippen LogP contribution in [0.4, 0.5) is 17.6 Å². The van der Waals surface area contributed by atoms with Crippen molar-refractivity contribution in [3.63, 3.8) is 0 Å². The Labute approximate surface area is 182 Å². The Balaban J connectivity index is 1.56. The molecule has 0 aliphatic carbocycles. The lowest BCUT2D eigenvalue weighted by molar-refractivity contribution is 0.236. The zero-order chi connectivity index (χ0) is 21.8. The Bertz CT molecular complexity index is 1040. The summed E-state index contributed by atoms with van der Waals surface area (Å²) in [7, 11) is 3.37. The first-order valence-electron chi connectivity index (χ1n) is 10.4. The van der Waals surface area contributed by atoms with Crippen LogP contribution in [0.5, 0.6) is 11.5 Å². The van der Waals surface area contributed by atoms with Gasteiger partial charge in [0.1, 0.15) is 17.3 Å². The second-order valence-corrected chi connectivity index (χ2v) is 7.66. The van der Waals surface area contributed by atoms with E-state index in [-0.39, 0.29) is 12.0 Å². The van der Waals surface area contributed by atoms with Crippen molar-refractivity contribution in [2.45, 2.75) is 32.4 Å². The van der Waals surface area contributed by atoms with Gasteiger partial charge in [-0.25, -0.2) is 0 Å². The monoisotopic (exact) mass is 420 g/mol. The number of rotatable bonds is 7. The summed E-state index contributed by atoms with van der Waals surface area (Å²) in [6, 6.07) is 14.1. The maximum atomic E-state index is 5.98. The van der Waals surface area contributed by atoms with Crippen LogP contribution in [0.15, 0.2) is 42.5 Å². The number of aryl methyl sites for hydroxylation is 1. The van der Waals surface area contributed by atoms with Crippen LogP contribution in [0.2, 0.25) is 0 Å². The number of hydrogen-bond acceptors (Lipinski definition) is 8. The minimum atomic E-state index is 0.191. The molecule has 0 amide bonds. The topological polar surface area (TPSA) is 98.4 Å². The molecule has 8 nitrogen and oxygen atoms in total. The lowest BCUT2D eigenvalue weighted by Gasteiger charge is -2.26. The zero-order valence-electron chi connectivity index (χ0n) is 18.1. The lowest BCUT2D eigenvalue weighted by atomic mass is 10.0. The van der Waals surface area contributed by atoms with Gasteiger partial charge in [-0.3, -0.25) is 4.90 Å². The number of nitrogens with one attached hydrogen (secondary N) is 1. The number of methoxy groups -OCH3 is 2. The minimum Gasteiger partial charge on any atom is -0.497 e. The molecular weight excluding hydrogens is 392 g/mol. The summed E-state index contributed by atoms with van der Waals surface area (Å²) >= 11 is 0. The van der Waals surface area contributed by atoms with E-state index >= 15 is 0 Å². The Morgan fingerprint density at radius 1 is 1.06 bits per heavy atom. The van der Waals surface area contributed by atoms with Gasteiger partial charge in [0, 0.05) is 17.3 Å². The molecule has 0 spiro atoms. The first-order chi connectivity index (χ1) is 15.1. The largest absolute Gasteiger partial charge is 0.497 e. The minimum absolute atomic E-state index is 0.191. The van der Waals surface area contributed by atoms with Crippen molar-refractivity contribution in [3.05, 3.63) is 59.4 Å². The maximum absolute atomic E-state index is 5.98. The number of aromatic nitrogens is 3. The molecule has 1 saturated heterocycles.